The van der Waals surface area contributed by atoms with Crippen LogP contribution in [-0.2, 0) is 49.5 Å². The van der Waals surface area contributed by atoms with Gasteiger partial charge in [-0.25, -0.2) is 4.79 Å². The topological polar surface area (TPSA) is 126 Å². The van der Waals surface area contributed by atoms with Crippen LogP contribution in [0.3, 0.4) is 0 Å². The average molecular weight is 626 g/mol. The van der Waals surface area contributed by atoms with Crippen LogP contribution in [-0.4, -0.2) is 54.0 Å². The Morgan fingerprint density at radius 1 is 0.778 bits per heavy atom. The summed E-state index contributed by atoms with van der Waals surface area (Å²) >= 11 is 0. The van der Waals surface area contributed by atoms with Crippen molar-refractivity contribution in [1.29, 1.82) is 0 Å². The molecule has 3 amide bonds. The summed E-state index contributed by atoms with van der Waals surface area (Å²) in [4.78, 5) is 52.4. The van der Waals surface area contributed by atoms with Crippen LogP contribution in [0.5, 0.6) is 0 Å². The van der Waals surface area contributed by atoms with E-state index in [1.54, 1.807) is 55.5 Å². The maximum absolute atomic E-state index is 13.7. The van der Waals surface area contributed by atoms with E-state index in [1.807, 2.05) is 12.1 Å². The molecule has 1 fully saturated rings. The molecule has 45 heavy (non-hydrogen) atoms. The maximum atomic E-state index is 13.7. The summed E-state index contributed by atoms with van der Waals surface area (Å²) < 4.78 is 49.8. The Morgan fingerprint density at radius 3 is 1.84 bits per heavy atom. The average Bonchev–Trinajstić information content (AvgIpc) is 3.78. The second-order valence-electron chi connectivity index (χ2n) is 11.0. The molecular weight excluding hydrogens is 591 g/mol. The van der Waals surface area contributed by atoms with E-state index >= 15 is 0 Å². The molecule has 4 rings (SSSR count). The molecule has 9 nitrogen and oxygen atoms in total. The molecule has 3 aromatic carbocycles. The highest BCUT2D eigenvalue weighted by Gasteiger charge is 2.50. The number of alkyl halides is 3. The summed E-state index contributed by atoms with van der Waals surface area (Å²) in [6.07, 6.45) is -5.46. The van der Waals surface area contributed by atoms with Gasteiger partial charge in [-0.3, -0.25) is 14.4 Å². The number of amides is 3. The van der Waals surface area contributed by atoms with Crippen LogP contribution in [0, 0.1) is 0 Å². The van der Waals surface area contributed by atoms with E-state index in [2.05, 4.69) is 16.0 Å². The van der Waals surface area contributed by atoms with Crippen molar-refractivity contribution < 1.29 is 41.8 Å². The SMILES string of the molecule is C[C@H](NC(=O)OCc1ccccc1)C(=O)N[C@@H](Cc1ccc(C(F)(F)F)cc1)C(=O)N[C@@H](Cc1ccccc1)C(=O)[C@@]1(C)CO1. The van der Waals surface area contributed by atoms with Gasteiger partial charge in [-0.2, -0.15) is 13.2 Å². The molecule has 1 heterocycles. The van der Waals surface area contributed by atoms with Gasteiger partial charge in [0.15, 0.2) is 5.78 Å². The van der Waals surface area contributed by atoms with Crippen LogP contribution in [0.4, 0.5) is 18.0 Å². The zero-order valence-electron chi connectivity index (χ0n) is 24.7. The first-order valence-corrected chi connectivity index (χ1v) is 14.3. The summed E-state index contributed by atoms with van der Waals surface area (Å²) in [6, 6.07) is 18.6. The summed E-state index contributed by atoms with van der Waals surface area (Å²) in [6.45, 7) is 3.17. The Morgan fingerprint density at radius 2 is 1.29 bits per heavy atom. The molecule has 12 heteroatoms. The molecule has 0 aliphatic carbocycles. The quantitative estimate of drug-likeness (QED) is 0.245. The molecule has 0 spiro atoms. The number of epoxide rings is 1. The van der Waals surface area contributed by atoms with Gasteiger partial charge in [0.1, 0.15) is 24.3 Å². The minimum absolute atomic E-state index is 0.0283. The summed E-state index contributed by atoms with van der Waals surface area (Å²) in [5, 5.41) is 7.68. The summed E-state index contributed by atoms with van der Waals surface area (Å²) in [5.41, 5.74) is -0.0833. The van der Waals surface area contributed by atoms with Crippen molar-refractivity contribution in [2.24, 2.45) is 0 Å². The number of ketones is 1. The lowest BCUT2D eigenvalue weighted by atomic mass is 9.94. The minimum atomic E-state index is -4.55. The van der Waals surface area contributed by atoms with E-state index in [9.17, 15) is 32.3 Å². The normalized spacial score (nSPS) is 17.7. The van der Waals surface area contributed by atoms with Crippen molar-refractivity contribution in [2.75, 3.05) is 6.61 Å². The highest BCUT2D eigenvalue weighted by molar-refractivity contribution is 5.98. The Balaban J connectivity index is 1.48. The monoisotopic (exact) mass is 625 g/mol. The lowest BCUT2D eigenvalue weighted by molar-refractivity contribution is -0.137. The maximum Gasteiger partial charge on any atom is 0.416 e. The van der Waals surface area contributed by atoms with Crippen molar-refractivity contribution >= 4 is 23.7 Å². The van der Waals surface area contributed by atoms with Crippen molar-refractivity contribution in [3.63, 3.8) is 0 Å². The van der Waals surface area contributed by atoms with Crippen LogP contribution in [0.2, 0.25) is 0 Å². The number of ether oxygens (including phenoxy) is 2. The Bertz CT molecular complexity index is 1480. The fourth-order valence-corrected chi connectivity index (χ4v) is 4.53. The molecule has 4 atom stereocenters. The predicted molar refractivity (Wildman–Crippen MR) is 158 cm³/mol. The van der Waals surface area contributed by atoms with Crippen LogP contribution >= 0.6 is 0 Å². The molecule has 1 aliphatic rings. The number of rotatable bonds is 13. The van der Waals surface area contributed by atoms with Crippen LogP contribution in [0.1, 0.15) is 36.1 Å². The van der Waals surface area contributed by atoms with E-state index in [0.717, 1.165) is 23.3 Å². The molecule has 0 unspecified atom stereocenters. The van der Waals surface area contributed by atoms with Crippen molar-refractivity contribution in [2.45, 2.75) is 63.2 Å². The minimum Gasteiger partial charge on any atom is -0.445 e. The Hall–Kier alpha value is -4.71. The van der Waals surface area contributed by atoms with Gasteiger partial charge in [0.25, 0.3) is 0 Å². The van der Waals surface area contributed by atoms with Gasteiger partial charge in [-0.15, -0.1) is 0 Å². The fraction of sp³-hybridized carbons (Fsp3) is 0.333. The molecule has 1 aliphatic heterocycles. The van der Waals surface area contributed by atoms with E-state index in [4.69, 9.17) is 9.47 Å². The second-order valence-corrected chi connectivity index (χ2v) is 11.0. The zero-order chi connectivity index (χ0) is 32.6. The molecule has 238 valence electrons. The molecule has 3 N–H and O–H groups in total. The number of benzene rings is 3. The van der Waals surface area contributed by atoms with Crippen molar-refractivity contribution in [1.82, 2.24) is 16.0 Å². The largest absolute Gasteiger partial charge is 0.445 e. The van der Waals surface area contributed by atoms with Crippen LogP contribution < -0.4 is 16.0 Å². The number of halogens is 3. The molecule has 1 saturated heterocycles. The lowest BCUT2D eigenvalue weighted by Crippen LogP contribution is -2.57. The third kappa shape index (κ3) is 9.64. The van der Waals surface area contributed by atoms with Gasteiger partial charge in [0.2, 0.25) is 11.8 Å². The first-order chi connectivity index (χ1) is 21.3. The van der Waals surface area contributed by atoms with Crippen LogP contribution in [0.15, 0.2) is 84.9 Å². The van der Waals surface area contributed by atoms with Crippen molar-refractivity contribution in [3.05, 3.63) is 107 Å². The number of carbonyl (C=O) groups excluding carboxylic acids is 4. The molecule has 0 saturated carbocycles. The number of nitrogens with one attached hydrogen (secondary N) is 3. The van der Waals surface area contributed by atoms with Gasteiger partial charge < -0.3 is 25.4 Å². The van der Waals surface area contributed by atoms with Gasteiger partial charge in [-0.1, -0.05) is 72.8 Å². The predicted octanol–water partition coefficient (Wildman–Crippen LogP) is 4.13. The molecule has 0 aromatic heterocycles. The van der Waals surface area contributed by atoms with Gasteiger partial charge in [0.05, 0.1) is 18.2 Å². The van der Waals surface area contributed by atoms with E-state index in [1.165, 1.54) is 19.1 Å². The first-order valence-electron chi connectivity index (χ1n) is 14.3. The third-order valence-corrected chi connectivity index (χ3v) is 7.31. The summed E-state index contributed by atoms with van der Waals surface area (Å²) in [5.74, 6) is -1.83. The van der Waals surface area contributed by atoms with Crippen LogP contribution in [0.25, 0.3) is 0 Å². The summed E-state index contributed by atoms with van der Waals surface area (Å²) in [7, 11) is 0. The second kappa shape index (κ2) is 14.4. The van der Waals surface area contributed by atoms with E-state index < -0.39 is 53.4 Å². The highest BCUT2D eigenvalue weighted by atomic mass is 19.4. The van der Waals surface area contributed by atoms with Gasteiger partial charge in [-0.05, 0) is 49.1 Å². The number of hydrogen-bond donors (Lipinski definition) is 3. The van der Waals surface area contributed by atoms with Gasteiger partial charge >= 0.3 is 12.3 Å². The molecule has 0 radical (unpaired) electrons. The molecule has 0 bridgehead atoms. The lowest BCUT2D eigenvalue weighted by Gasteiger charge is -2.25. The van der Waals surface area contributed by atoms with E-state index in [0.29, 0.717) is 5.56 Å². The number of hydrogen-bond acceptors (Lipinski definition) is 6. The van der Waals surface area contributed by atoms with Gasteiger partial charge in [0, 0.05) is 6.42 Å². The third-order valence-electron chi connectivity index (χ3n) is 7.31. The standard InChI is InChI=1S/C33H34F3N3O6/c1-21(37-31(43)44-19-24-11-7-4-8-12-24)29(41)39-27(18-23-13-15-25(16-14-23)33(34,35)36)30(42)38-26(28(40)32(2)20-45-32)17-22-9-5-3-6-10-22/h3-16,21,26-27H,17-20H2,1-2H3,(H,37,43)(H,38,42)(H,39,41)/t21-,26-,27-,32+/m0/s1. The Labute approximate surface area is 258 Å². The molecule has 3 aromatic rings. The number of carbonyl (C=O) groups is 4. The number of Topliss-reactive ketones (excluding diaryl/α,β-unsaturated/α-hetero) is 1. The number of alkyl carbamates (subject to hydrolysis) is 1. The highest BCUT2D eigenvalue weighted by Crippen LogP contribution is 2.30. The first kappa shape index (κ1) is 33.2. The fourth-order valence-electron chi connectivity index (χ4n) is 4.53. The smallest absolute Gasteiger partial charge is 0.416 e. The molecular formula is C33H34F3N3O6. The zero-order valence-corrected chi connectivity index (χ0v) is 24.7. The Kier molecular flexibility index (Phi) is 10.6. The van der Waals surface area contributed by atoms with Crippen molar-refractivity contribution in [3.8, 4) is 0 Å². The van der Waals surface area contributed by atoms with E-state index in [-0.39, 0.29) is 31.8 Å².